The third kappa shape index (κ3) is 9.60. The Morgan fingerprint density at radius 2 is 1.40 bits per heavy atom. The quantitative estimate of drug-likeness (QED) is 0.106. The van der Waals surface area contributed by atoms with Gasteiger partial charge in [0.2, 0.25) is 5.91 Å². The van der Waals surface area contributed by atoms with E-state index in [9.17, 15) is 19.2 Å². The summed E-state index contributed by atoms with van der Waals surface area (Å²) in [6.07, 6.45) is 3.06. The summed E-state index contributed by atoms with van der Waals surface area (Å²) in [7, 11) is 0. The van der Waals surface area contributed by atoms with E-state index in [4.69, 9.17) is 23.7 Å². The van der Waals surface area contributed by atoms with Crippen LogP contribution in [0.5, 0.6) is 17.2 Å². The van der Waals surface area contributed by atoms with E-state index in [1.54, 1.807) is 24.3 Å². The van der Waals surface area contributed by atoms with E-state index in [2.05, 4.69) is 18.8 Å². The molecular weight excluding hydrogens is 542 g/mol. The molecule has 0 aliphatic heterocycles. The first-order valence-electron chi connectivity index (χ1n) is 13.4. The van der Waals surface area contributed by atoms with Crippen LogP contribution >= 0.6 is 0 Å². The van der Waals surface area contributed by atoms with Crippen LogP contribution in [0, 0.1) is 0 Å². The average Bonchev–Trinajstić information content (AvgIpc) is 3.00. The second-order valence-corrected chi connectivity index (χ2v) is 8.77. The van der Waals surface area contributed by atoms with Crippen molar-refractivity contribution in [2.24, 2.45) is 0 Å². The maximum Gasteiger partial charge on any atom is 0.343 e. The Balaban J connectivity index is 1.76. The zero-order valence-corrected chi connectivity index (χ0v) is 23.6. The fraction of sp³-hybridized carbons (Fsp3) is 0.250. The molecule has 3 aromatic carbocycles. The fourth-order valence-electron chi connectivity index (χ4n) is 3.47. The maximum atomic E-state index is 12.9. The van der Waals surface area contributed by atoms with Crippen molar-refractivity contribution in [3.8, 4) is 17.2 Å². The molecule has 0 saturated heterocycles. The molecule has 3 aromatic rings. The van der Waals surface area contributed by atoms with Crippen molar-refractivity contribution >= 4 is 29.5 Å². The summed E-state index contributed by atoms with van der Waals surface area (Å²) in [6, 6.07) is 16.5. The normalized spacial score (nSPS) is 10.3. The standard InChI is InChI=1S/C32H33NO9/c1-4-7-18-39-25-14-10-23(11-15-25)30(35)41-26-16-17-28(27(21-26)32(37)40-20-19-38-6-3)42-31(36)22-8-12-24(13-9-22)33-29(34)5-2/h5,8-17,21H,2,4,6-7,18-20H2,1,3H3,(H,33,34). The highest BCUT2D eigenvalue weighted by atomic mass is 16.6. The molecule has 0 spiro atoms. The topological polar surface area (TPSA) is 126 Å². The van der Waals surface area contributed by atoms with E-state index in [0.717, 1.165) is 18.9 Å². The van der Waals surface area contributed by atoms with Gasteiger partial charge in [0.25, 0.3) is 0 Å². The minimum Gasteiger partial charge on any atom is -0.494 e. The molecule has 0 bridgehead atoms. The number of anilines is 1. The number of carbonyl (C=O) groups is 4. The largest absolute Gasteiger partial charge is 0.494 e. The number of benzene rings is 3. The second-order valence-electron chi connectivity index (χ2n) is 8.77. The van der Waals surface area contributed by atoms with E-state index in [1.807, 2.05) is 6.92 Å². The third-order valence-electron chi connectivity index (χ3n) is 5.68. The smallest absolute Gasteiger partial charge is 0.343 e. The van der Waals surface area contributed by atoms with Crippen LogP contribution in [-0.2, 0) is 14.3 Å². The molecule has 0 radical (unpaired) electrons. The molecule has 1 N–H and O–H groups in total. The zero-order chi connectivity index (χ0) is 30.3. The van der Waals surface area contributed by atoms with Crippen molar-refractivity contribution in [2.45, 2.75) is 26.7 Å². The lowest BCUT2D eigenvalue weighted by Crippen LogP contribution is -2.16. The van der Waals surface area contributed by atoms with Crippen LogP contribution in [0.25, 0.3) is 0 Å². The predicted octanol–water partition coefficient (Wildman–Crippen LogP) is 5.62. The lowest BCUT2D eigenvalue weighted by atomic mass is 10.1. The van der Waals surface area contributed by atoms with Crippen LogP contribution in [-0.4, -0.2) is 50.2 Å². The first-order valence-corrected chi connectivity index (χ1v) is 13.4. The number of hydrogen-bond donors (Lipinski definition) is 1. The van der Waals surface area contributed by atoms with Crippen molar-refractivity contribution in [3.63, 3.8) is 0 Å². The predicted molar refractivity (Wildman–Crippen MR) is 155 cm³/mol. The molecule has 0 atom stereocenters. The van der Waals surface area contributed by atoms with Crippen molar-refractivity contribution in [3.05, 3.63) is 96.1 Å². The fourth-order valence-corrected chi connectivity index (χ4v) is 3.47. The van der Waals surface area contributed by atoms with Gasteiger partial charge in [-0.15, -0.1) is 0 Å². The number of unbranched alkanes of at least 4 members (excludes halogenated alkanes) is 1. The molecule has 10 nitrogen and oxygen atoms in total. The van der Waals surface area contributed by atoms with Gasteiger partial charge in [0, 0.05) is 12.3 Å². The Morgan fingerprint density at radius 1 is 0.762 bits per heavy atom. The van der Waals surface area contributed by atoms with Crippen LogP contribution in [0.4, 0.5) is 5.69 Å². The lowest BCUT2D eigenvalue weighted by molar-refractivity contribution is -0.111. The molecule has 0 fully saturated rings. The molecule has 0 heterocycles. The van der Waals surface area contributed by atoms with Gasteiger partial charge in [0.15, 0.2) is 0 Å². The van der Waals surface area contributed by atoms with Crippen molar-refractivity contribution in [1.29, 1.82) is 0 Å². The highest BCUT2D eigenvalue weighted by Gasteiger charge is 2.21. The molecular formula is C32H33NO9. The number of esters is 3. The number of carbonyl (C=O) groups excluding carboxylic acids is 4. The molecule has 0 saturated carbocycles. The SMILES string of the molecule is C=CC(=O)Nc1ccc(C(=O)Oc2ccc(OC(=O)c3ccc(OCCCC)cc3)cc2C(=O)OCCOCC)cc1. The molecule has 42 heavy (non-hydrogen) atoms. The van der Waals surface area contributed by atoms with E-state index in [1.165, 1.54) is 42.5 Å². The van der Waals surface area contributed by atoms with E-state index in [-0.39, 0.29) is 41.4 Å². The van der Waals surface area contributed by atoms with Crippen LogP contribution < -0.4 is 19.5 Å². The van der Waals surface area contributed by atoms with Crippen LogP contribution in [0.2, 0.25) is 0 Å². The summed E-state index contributed by atoms with van der Waals surface area (Å²) in [5.41, 5.74) is 0.779. The van der Waals surface area contributed by atoms with Crippen LogP contribution in [0.15, 0.2) is 79.4 Å². The first kappa shape index (κ1) is 31.6. The van der Waals surface area contributed by atoms with Crippen molar-refractivity contribution < 1.29 is 42.9 Å². The summed E-state index contributed by atoms with van der Waals surface area (Å²) >= 11 is 0. The van der Waals surface area contributed by atoms with Crippen molar-refractivity contribution in [1.82, 2.24) is 0 Å². The first-order chi connectivity index (χ1) is 20.3. The summed E-state index contributed by atoms with van der Waals surface area (Å²) < 4.78 is 27.0. The molecule has 0 aliphatic carbocycles. The number of hydrogen-bond acceptors (Lipinski definition) is 9. The average molecular weight is 576 g/mol. The highest BCUT2D eigenvalue weighted by molar-refractivity contribution is 6.00. The summed E-state index contributed by atoms with van der Waals surface area (Å²) in [5.74, 6) is -2.02. The zero-order valence-electron chi connectivity index (χ0n) is 23.6. The van der Waals surface area contributed by atoms with Gasteiger partial charge in [-0.25, -0.2) is 14.4 Å². The Hall–Kier alpha value is -4.96. The minimum atomic E-state index is -0.800. The lowest BCUT2D eigenvalue weighted by Gasteiger charge is -2.13. The molecule has 0 aliphatic rings. The number of rotatable bonds is 15. The van der Waals surface area contributed by atoms with Gasteiger partial charge >= 0.3 is 17.9 Å². The molecule has 10 heteroatoms. The number of amides is 1. The van der Waals surface area contributed by atoms with E-state index >= 15 is 0 Å². The van der Waals surface area contributed by atoms with Gasteiger partial charge in [-0.1, -0.05) is 19.9 Å². The van der Waals surface area contributed by atoms with Gasteiger partial charge < -0.3 is 29.0 Å². The highest BCUT2D eigenvalue weighted by Crippen LogP contribution is 2.27. The van der Waals surface area contributed by atoms with Gasteiger partial charge in [0.05, 0.1) is 24.3 Å². The number of nitrogens with one attached hydrogen (secondary N) is 1. The molecule has 1 amide bonds. The summed E-state index contributed by atoms with van der Waals surface area (Å²) in [6.45, 7) is 8.45. The molecule has 220 valence electrons. The van der Waals surface area contributed by atoms with Gasteiger partial charge in [-0.2, -0.15) is 0 Å². The van der Waals surface area contributed by atoms with Crippen LogP contribution in [0.3, 0.4) is 0 Å². The second kappa shape index (κ2) is 16.3. The molecule has 0 unspecified atom stereocenters. The maximum absolute atomic E-state index is 12.9. The Kier molecular flexibility index (Phi) is 12.3. The molecule has 0 aromatic heterocycles. The van der Waals surface area contributed by atoms with E-state index in [0.29, 0.717) is 24.7 Å². The van der Waals surface area contributed by atoms with E-state index < -0.39 is 23.8 Å². The van der Waals surface area contributed by atoms with Crippen LogP contribution in [0.1, 0.15) is 57.8 Å². The minimum absolute atomic E-state index is 0.0331. The number of ether oxygens (including phenoxy) is 5. The summed E-state index contributed by atoms with van der Waals surface area (Å²) in [4.78, 5) is 50.0. The van der Waals surface area contributed by atoms with Gasteiger partial charge in [-0.3, -0.25) is 4.79 Å². The third-order valence-corrected chi connectivity index (χ3v) is 5.68. The monoisotopic (exact) mass is 575 g/mol. The Labute approximate surface area is 244 Å². The molecule has 3 rings (SSSR count). The Morgan fingerprint density at radius 3 is 2.05 bits per heavy atom. The van der Waals surface area contributed by atoms with Gasteiger partial charge in [-0.05, 0) is 86.2 Å². The Bertz CT molecular complexity index is 1380. The van der Waals surface area contributed by atoms with Gasteiger partial charge in [0.1, 0.15) is 29.4 Å². The van der Waals surface area contributed by atoms with Crippen molar-refractivity contribution in [2.75, 3.05) is 31.7 Å². The summed E-state index contributed by atoms with van der Waals surface area (Å²) in [5, 5.41) is 2.58.